The van der Waals surface area contributed by atoms with Gasteiger partial charge in [0.2, 0.25) is 0 Å². The molecule has 2 aromatic rings. The van der Waals surface area contributed by atoms with Gasteiger partial charge in [0.05, 0.1) is 13.2 Å². The molecule has 0 saturated heterocycles. The third kappa shape index (κ3) is 2.96. The summed E-state index contributed by atoms with van der Waals surface area (Å²) in [6.45, 7) is 0.124. The Morgan fingerprint density at radius 3 is 2.59 bits per heavy atom. The predicted octanol–water partition coefficient (Wildman–Crippen LogP) is 3.13. The minimum Gasteiger partial charge on any atom is -0.395 e. The lowest BCUT2D eigenvalue weighted by Crippen LogP contribution is -2.04. The maximum Gasteiger partial charge on any atom is 0.0774 e. The van der Waals surface area contributed by atoms with Gasteiger partial charge in [0.25, 0.3) is 0 Å². The van der Waals surface area contributed by atoms with E-state index in [0.29, 0.717) is 0 Å². The van der Waals surface area contributed by atoms with Crippen LogP contribution in [-0.2, 0) is 6.61 Å². The molecule has 0 aliphatic rings. The van der Waals surface area contributed by atoms with Gasteiger partial charge in [0, 0.05) is 15.3 Å². The summed E-state index contributed by atoms with van der Waals surface area (Å²) in [4.78, 5) is 0.924. The summed E-state index contributed by atoms with van der Waals surface area (Å²) in [5, 5.41) is 20.6. The molecule has 0 fully saturated rings. The highest BCUT2D eigenvalue weighted by Crippen LogP contribution is 2.29. The van der Waals surface area contributed by atoms with Gasteiger partial charge in [-0.3, -0.25) is 0 Å². The van der Waals surface area contributed by atoms with E-state index in [0.717, 1.165) is 20.5 Å². The summed E-state index contributed by atoms with van der Waals surface area (Å²) in [6, 6.07) is 9.89. The second kappa shape index (κ2) is 5.78. The highest BCUT2D eigenvalue weighted by Gasteiger charge is 2.15. The van der Waals surface area contributed by atoms with Crippen molar-refractivity contribution in [2.24, 2.45) is 0 Å². The first-order chi connectivity index (χ1) is 8.24. The van der Waals surface area contributed by atoms with Gasteiger partial charge in [-0.25, -0.2) is 0 Å². The van der Waals surface area contributed by atoms with Crippen LogP contribution >= 0.6 is 27.3 Å². The molecule has 2 rings (SSSR count). The Morgan fingerprint density at radius 2 is 2.00 bits per heavy atom. The minimum absolute atomic E-state index is 0.0240. The molecule has 0 amide bonds. The largest absolute Gasteiger partial charge is 0.395 e. The standard InChI is InChI=1S/C13H13BrO2S/c14-11-3-1-2-9(4-11)13(7-16)10-5-12(6-15)17-8-10/h1-5,8,13,15-16H,6-7H2. The van der Waals surface area contributed by atoms with Crippen molar-refractivity contribution in [3.8, 4) is 0 Å². The van der Waals surface area contributed by atoms with Crippen LogP contribution in [0, 0.1) is 0 Å². The fourth-order valence-electron chi connectivity index (χ4n) is 1.79. The quantitative estimate of drug-likeness (QED) is 0.910. The van der Waals surface area contributed by atoms with E-state index in [1.54, 1.807) is 0 Å². The highest BCUT2D eigenvalue weighted by atomic mass is 79.9. The van der Waals surface area contributed by atoms with Crippen LogP contribution in [0.4, 0.5) is 0 Å². The number of aliphatic hydroxyl groups excluding tert-OH is 2. The number of halogens is 1. The summed E-state index contributed by atoms with van der Waals surface area (Å²) in [7, 11) is 0. The first kappa shape index (κ1) is 12.8. The smallest absolute Gasteiger partial charge is 0.0774 e. The van der Waals surface area contributed by atoms with E-state index < -0.39 is 0 Å². The summed E-state index contributed by atoms with van der Waals surface area (Å²) in [6.07, 6.45) is 0. The molecular formula is C13H13BrO2S. The fraction of sp³-hybridized carbons (Fsp3) is 0.231. The lowest BCUT2D eigenvalue weighted by Gasteiger charge is -2.13. The molecule has 4 heteroatoms. The first-order valence-corrected chi connectivity index (χ1v) is 6.96. The Labute approximate surface area is 113 Å². The molecule has 0 radical (unpaired) electrons. The number of hydrogen-bond donors (Lipinski definition) is 2. The molecule has 0 spiro atoms. The number of rotatable bonds is 4. The maximum absolute atomic E-state index is 9.53. The molecule has 2 N–H and O–H groups in total. The molecule has 1 heterocycles. The van der Waals surface area contributed by atoms with Crippen molar-refractivity contribution < 1.29 is 10.2 Å². The molecule has 17 heavy (non-hydrogen) atoms. The van der Waals surface area contributed by atoms with E-state index in [9.17, 15) is 5.11 Å². The van der Waals surface area contributed by atoms with E-state index in [1.807, 2.05) is 35.7 Å². The van der Waals surface area contributed by atoms with Gasteiger partial charge < -0.3 is 10.2 Å². The Hall–Kier alpha value is -0.680. The monoisotopic (exact) mass is 312 g/mol. The Bertz CT molecular complexity index is 496. The van der Waals surface area contributed by atoms with Crippen molar-refractivity contribution in [2.45, 2.75) is 12.5 Å². The molecule has 1 aromatic heterocycles. The molecular weight excluding hydrogens is 300 g/mol. The topological polar surface area (TPSA) is 40.5 Å². The van der Waals surface area contributed by atoms with Gasteiger partial charge in [0.1, 0.15) is 0 Å². The minimum atomic E-state index is -0.0240. The molecule has 0 saturated carbocycles. The molecule has 90 valence electrons. The second-order valence-electron chi connectivity index (χ2n) is 3.79. The molecule has 1 atom stereocenters. The van der Waals surface area contributed by atoms with Crippen LogP contribution in [0.15, 0.2) is 40.2 Å². The van der Waals surface area contributed by atoms with Gasteiger partial charge in [-0.05, 0) is 34.7 Å². The lowest BCUT2D eigenvalue weighted by molar-refractivity contribution is 0.279. The number of benzene rings is 1. The third-order valence-electron chi connectivity index (χ3n) is 2.67. The maximum atomic E-state index is 9.53. The van der Waals surface area contributed by atoms with E-state index in [2.05, 4.69) is 15.9 Å². The van der Waals surface area contributed by atoms with Gasteiger partial charge >= 0.3 is 0 Å². The molecule has 1 aromatic carbocycles. The average Bonchev–Trinajstić information content (AvgIpc) is 2.79. The number of aliphatic hydroxyl groups is 2. The number of hydrogen-bond acceptors (Lipinski definition) is 3. The highest BCUT2D eigenvalue weighted by molar-refractivity contribution is 9.10. The summed E-state index contributed by atoms with van der Waals surface area (Å²) in [5.41, 5.74) is 2.13. The first-order valence-electron chi connectivity index (χ1n) is 5.29. The van der Waals surface area contributed by atoms with Crippen molar-refractivity contribution in [3.63, 3.8) is 0 Å². The van der Waals surface area contributed by atoms with E-state index in [1.165, 1.54) is 11.3 Å². The van der Waals surface area contributed by atoms with Gasteiger partial charge in [-0.2, -0.15) is 0 Å². The summed E-state index contributed by atoms with van der Waals surface area (Å²) >= 11 is 4.95. The average molecular weight is 313 g/mol. The van der Waals surface area contributed by atoms with Crippen LogP contribution in [-0.4, -0.2) is 16.8 Å². The Morgan fingerprint density at radius 1 is 1.18 bits per heavy atom. The van der Waals surface area contributed by atoms with Crippen molar-refractivity contribution in [1.82, 2.24) is 0 Å². The van der Waals surface area contributed by atoms with Crippen molar-refractivity contribution in [2.75, 3.05) is 6.61 Å². The zero-order valence-corrected chi connectivity index (χ0v) is 11.5. The Balaban J connectivity index is 2.33. The van der Waals surface area contributed by atoms with Crippen LogP contribution in [0.25, 0.3) is 0 Å². The van der Waals surface area contributed by atoms with E-state index >= 15 is 0 Å². The van der Waals surface area contributed by atoms with Crippen LogP contribution < -0.4 is 0 Å². The van der Waals surface area contributed by atoms with E-state index in [4.69, 9.17) is 5.11 Å². The van der Waals surface area contributed by atoms with Gasteiger partial charge in [-0.15, -0.1) is 11.3 Å². The normalized spacial score (nSPS) is 12.6. The molecule has 1 unspecified atom stereocenters. The molecule has 2 nitrogen and oxygen atoms in total. The van der Waals surface area contributed by atoms with Crippen LogP contribution in [0.3, 0.4) is 0 Å². The van der Waals surface area contributed by atoms with Crippen molar-refractivity contribution in [3.05, 3.63) is 56.2 Å². The molecule has 0 aliphatic carbocycles. The summed E-state index contributed by atoms with van der Waals surface area (Å²) in [5.74, 6) is -0.0240. The van der Waals surface area contributed by atoms with Gasteiger partial charge in [-0.1, -0.05) is 28.1 Å². The Kier molecular flexibility index (Phi) is 4.34. The van der Waals surface area contributed by atoms with Crippen molar-refractivity contribution >= 4 is 27.3 Å². The SMILES string of the molecule is OCc1cc(C(CO)c2cccc(Br)c2)cs1. The van der Waals surface area contributed by atoms with Crippen LogP contribution in [0.1, 0.15) is 21.9 Å². The lowest BCUT2D eigenvalue weighted by atomic mass is 9.94. The zero-order chi connectivity index (χ0) is 12.3. The predicted molar refractivity (Wildman–Crippen MR) is 73.3 cm³/mol. The van der Waals surface area contributed by atoms with E-state index in [-0.39, 0.29) is 19.1 Å². The fourth-order valence-corrected chi connectivity index (χ4v) is 3.01. The summed E-state index contributed by atoms with van der Waals surface area (Å²) < 4.78 is 1.01. The number of thiophene rings is 1. The van der Waals surface area contributed by atoms with Crippen LogP contribution in [0.2, 0.25) is 0 Å². The second-order valence-corrected chi connectivity index (χ2v) is 5.71. The zero-order valence-electron chi connectivity index (χ0n) is 9.14. The van der Waals surface area contributed by atoms with Gasteiger partial charge in [0.15, 0.2) is 0 Å². The molecule has 0 aliphatic heterocycles. The van der Waals surface area contributed by atoms with Crippen LogP contribution in [0.5, 0.6) is 0 Å². The van der Waals surface area contributed by atoms with Crippen molar-refractivity contribution in [1.29, 1.82) is 0 Å². The molecule has 0 bridgehead atoms. The third-order valence-corrected chi connectivity index (χ3v) is 4.10.